The van der Waals surface area contributed by atoms with E-state index in [4.69, 9.17) is 0 Å². The molecule has 1 saturated heterocycles. The van der Waals surface area contributed by atoms with Crippen LogP contribution in [0.25, 0.3) is 0 Å². The highest BCUT2D eigenvalue weighted by atomic mass is 16.2. The number of hydrogen-bond acceptors (Lipinski definition) is 4. The first-order chi connectivity index (χ1) is 13.5. The van der Waals surface area contributed by atoms with Crippen molar-refractivity contribution in [1.29, 1.82) is 0 Å². The zero-order chi connectivity index (χ0) is 20.0. The van der Waals surface area contributed by atoms with Crippen LogP contribution in [0.5, 0.6) is 0 Å². The summed E-state index contributed by atoms with van der Waals surface area (Å²) >= 11 is 0. The lowest BCUT2D eigenvalue weighted by molar-refractivity contribution is -0.140. The second kappa shape index (κ2) is 9.19. The van der Waals surface area contributed by atoms with Crippen LogP contribution in [0, 0.1) is 0 Å². The molecule has 7 heteroatoms. The number of carbonyl (C=O) groups is 3. The van der Waals surface area contributed by atoms with E-state index in [1.807, 2.05) is 25.2 Å². The van der Waals surface area contributed by atoms with E-state index in [-0.39, 0.29) is 18.2 Å². The maximum atomic E-state index is 12.7. The predicted octanol–water partition coefficient (Wildman–Crippen LogP) is 2.23. The van der Waals surface area contributed by atoms with Gasteiger partial charge in [0.1, 0.15) is 5.54 Å². The highest BCUT2D eigenvalue weighted by Crippen LogP contribution is 2.32. The lowest BCUT2D eigenvalue weighted by atomic mass is 9.82. The first-order valence-electron chi connectivity index (χ1n) is 10.2. The second-order valence-electron chi connectivity index (χ2n) is 7.89. The molecule has 1 saturated carbocycles. The quantitative estimate of drug-likeness (QED) is 0.672. The fraction of sp³-hybridized carbons (Fsp3) is 0.571. The van der Waals surface area contributed by atoms with Crippen LogP contribution in [-0.4, -0.2) is 53.4 Å². The Morgan fingerprint density at radius 3 is 2.57 bits per heavy atom. The van der Waals surface area contributed by atoms with Crippen LogP contribution < -0.4 is 10.7 Å². The van der Waals surface area contributed by atoms with E-state index in [9.17, 15) is 14.4 Å². The lowest BCUT2D eigenvalue weighted by Gasteiger charge is -2.30. The first-order valence-corrected chi connectivity index (χ1v) is 10.2. The minimum absolute atomic E-state index is 0.242. The summed E-state index contributed by atoms with van der Waals surface area (Å²) in [5.41, 5.74) is 2.99. The van der Waals surface area contributed by atoms with Gasteiger partial charge >= 0.3 is 6.03 Å². The fourth-order valence-electron chi connectivity index (χ4n) is 4.00. The van der Waals surface area contributed by atoms with Crippen LogP contribution >= 0.6 is 0 Å². The Morgan fingerprint density at radius 2 is 1.86 bits per heavy atom. The third kappa shape index (κ3) is 4.90. The SMILES string of the molecule is CN(CCCc1ccccc1)CCC(=O)NN1C(=O)NC2(CCCCC2)C1=O. The number of benzene rings is 1. The number of aryl methyl sites for hydroxylation is 1. The lowest BCUT2D eigenvalue weighted by Crippen LogP contribution is -2.51. The molecule has 0 atom stereocenters. The van der Waals surface area contributed by atoms with Gasteiger partial charge in [0.15, 0.2) is 0 Å². The molecule has 0 unspecified atom stereocenters. The number of amides is 4. The molecule has 1 aliphatic heterocycles. The van der Waals surface area contributed by atoms with Gasteiger partial charge in [-0.2, -0.15) is 5.01 Å². The maximum absolute atomic E-state index is 12.7. The number of carbonyl (C=O) groups excluding carboxylic acids is 3. The average Bonchev–Trinajstić information content (AvgIpc) is 2.92. The van der Waals surface area contributed by atoms with E-state index >= 15 is 0 Å². The smallest absolute Gasteiger partial charge is 0.322 e. The summed E-state index contributed by atoms with van der Waals surface area (Å²) in [6, 6.07) is 9.80. The van der Waals surface area contributed by atoms with E-state index in [0.717, 1.165) is 43.7 Å². The topological polar surface area (TPSA) is 81.8 Å². The third-order valence-corrected chi connectivity index (χ3v) is 5.67. The molecule has 0 aromatic heterocycles. The second-order valence-corrected chi connectivity index (χ2v) is 7.89. The Balaban J connectivity index is 1.39. The van der Waals surface area contributed by atoms with Gasteiger partial charge in [0.2, 0.25) is 5.91 Å². The third-order valence-electron chi connectivity index (χ3n) is 5.67. The summed E-state index contributed by atoms with van der Waals surface area (Å²) in [5.74, 6) is -0.631. The molecule has 1 aliphatic carbocycles. The molecule has 1 aromatic rings. The predicted molar refractivity (Wildman–Crippen MR) is 106 cm³/mol. The zero-order valence-electron chi connectivity index (χ0n) is 16.6. The Morgan fingerprint density at radius 1 is 1.14 bits per heavy atom. The number of hydrazine groups is 1. The average molecular weight is 386 g/mol. The van der Waals surface area contributed by atoms with Crippen LogP contribution in [0.15, 0.2) is 30.3 Å². The minimum Gasteiger partial charge on any atom is -0.322 e. The van der Waals surface area contributed by atoms with Gasteiger partial charge in [-0.05, 0) is 44.8 Å². The maximum Gasteiger partial charge on any atom is 0.344 e. The molecule has 0 radical (unpaired) electrons. The van der Waals surface area contributed by atoms with Gasteiger partial charge in [-0.3, -0.25) is 15.0 Å². The molecule has 28 heavy (non-hydrogen) atoms. The molecule has 2 N–H and O–H groups in total. The summed E-state index contributed by atoms with van der Waals surface area (Å²) in [5, 5.41) is 3.67. The van der Waals surface area contributed by atoms with Gasteiger partial charge in [0.05, 0.1) is 0 Å². The van der Waals surface area contributed by atoms with Gasteiger partial charge in [0, 0.05) is 13.0 Å². The van der Waals surface area contributed by atoms with E-state index < -0.39 is 11.6 Å². The van der Waals surface area contributed by atoms with Gasteiger partial charge in [-0.25, -0.2) is 4.79 Å². The summed E-state index contributed by atoms with van der Waals surface area (Å²) in [6.45, 7) is 1.46. The van der Waals surface area contributed by atoms with Crippen molar-refractivity contribution >= 4 is 17.8 Å². The molecule has 1 spiro atoms. The monoisotopic (exact) mass is 386 g/mol. The number of hydrogen-bond donors (Lipinski definition) is 2. The highest BCUT2D eigenvalue weighted by molar-refractivity contribution is 6.08. The zero-order valence-corrected chi connectivity index (χ0v) is 16.6. The summed E-state index contributed by atoms with van der Waals surface area (Å²) < 4.78 is 0. The van der Waals surface area contributed by atoms with Gasteiger partial charge in [-0.15, -0.1) is 0 Å². The Kier molecular flexibility index (Phi) is 6.67. The van der Waals surface area contributed by atoms with Crippen LogP contribution in [0.2, 0.25) is 0 Å². The minimum atomic E-state index is -0.809. The van der Waals surface area contributed by atoms with Crippen molar-refractivity contribution in [3.8, 4) is 0 Å². The molecule has 0 bridgehead atoms. The number of nitrogens with zero attached hydrogens (tertiary/aromatic N) is 2. The molecular weight excluding hydrogens is 356 g/mol. The number of rotatable bonds is 8. The molecule has 2 aliphatic rings. The van der Waals surface area contributed by atoms with Crippen LogP contribution in [0.3, 0.4) is 0 Å². The van der Waals surface area contributed by atoms with Crippen molar-refractivity contribution in [1.82, 2.24) is 20.7 Å². The largest absolute Gasteiger partial charge is 0.344 e. The van der Waals surface area contributed by atoms with E-state index in [1.165, 1.54) is 5.56 Å². The van der Waals surface area contributed by atoms with Crippen molar-refractivity contribution in [2.45, 2.75) is 56.9 Å². The number of urea groups is 1. The Hall–Kier alpha value is -2.41. The first kappa shape index (κ1) is 20.3. The molecule has 4 amide bonds. The fourth-order valence-corrected chi connectivity index (χ4v) is 4.00. The Labute approximate surface area is 166 Å². The molecule has 2 fully saturated rings. The van der Waals surface area contributed by atoms with Crippen molar-refractivity contribution in [2.75, 3.05) is 20.1 Å². The molecular formula is C21H30N4O3. The van der Waals surface area contributed by atoms with Crippen LogP contribution in [0.4, 0.5) is 4.79 Å². The van der Waals surface area contributed by atoms with Gasteiger partial charge in [0.25, 0.3) is 5.91 Å². The van der Waals surface area contributed by atoms with E-state index in [1.54, 1.807) is 0 Å². The molecule has 7 nitrogen and oxygen atoms in total. The van der Waals surface area contributed by atoms with Crippen molar-refractivity contribution in [2.24, 2.45) is 0 Å². The molecule has 1 aromatic carbocycles. The van der Waals surface area contributed by atoms with Crippen molar-refractivity contribution in [3.05, 3.63) is 35.9 Å². The van der Waals surface area contributed by atoms with Crippen molar-refractivity contribution in [3.63, 3.8) is 0 Å². The number of nitrogens with one attached hydrogen (secondary N) is 2. The van der Waals surface area contributed by atoms with Crippen LogP contribution in [0.1, 0.15) is 50.5 Å². The van der Waals surface area contributed by atoms with Gasteiger partial charge in [-0.1, -0.05) is 49.6 Å². The van der Waals surface area contributed by atoms with Gasteiger partial charge < -0.3 is 10.2 Å². The molecule has 3 rings (SSSR count). The molecule has 1 heterocycles. The normalized spacial score (nSPS) is 18.6. The van der Waals surface area contributed by atoms with Crippen LogP contribution in [-0.2, 0) is 16.0 Å². The summed E-state index contributed by atoms with van der Waals surface area (Å²) in [6.07, 6.45) is 6.46. The Bertz CT molecular complexity index is 701. The molecule has 152 valence electrons. The standard InChI is InChI=1S/C21H30N4O3/c1-24(15-8-11-17-9-4-2-5-10-17)16-12-18(26)23-25-19(27)21(22-20(25)28)13-6-3-7-14-21/h2,4-5,9-10H,3,6-8,11-16H2,1H3,(H,22,28)(H,23,26). The highest BCUT2D eigenvalue weighted by Gasteiger charge is 2.52. The van der Waals surface area contributed by atoms with Crippen molar-refractivity contribution < 1.29 is 14.4 Å². The van der Waals surface area contributed by atoms with E-state index in [0.29, 0.717) is 19.4 Å². The van der Waals surface area contributed by atoms with E-state index in [2.05, 4.69) is 27.8 Å². The summed E-state index contributed by atoms with van der Waals surface area (Å²) in [7, 11) is 1.98. The number of imide groups is 1. The summed E-state index contributed by atoms with van der Waals surface area (Å²) in [4.78, 5) is 39.2.